The van der Waals surface area contributed by atoms with Gasteiger partial charge in [0.05, 0.1) is 0 Å². The molecule has 0 saturated carbocycles. The van der Waals surface area contributed by atoms with E-state index in [1.165, 1.54) is 0 Å². The van der Waals surface area contributed by atoms with Gasteiger partial charge < -0.3 is 19.6 Å². The minimum Gasteiger partial charge on any atom is -0.456 e. The summed E-state index contributed by atoms with van der Waals surface area (Å²) in [4.78, 5) is 0. The summed E-state index contributed by atoms with van der Waals surface area (Å²) >= 11 is 0. The second-order valence-corrected chi connectivity index (χ2v) is 16.8. The third kappa shape index (κ3) is 7.50. The maximum absolute atomic E-state index is 14.4. The fourth-order valence-corrected chi connectivity index (χ4v) is 9.78. The Hall–Kier alpha value is -6.06. The first-order chi connectivity index (χ1) is 25.4. The van der Waals surface area contributed by atoms with E-state index in [1.807, 2.05) is 170 Å². The summed E-state index contributed by atoms with van der Waals surface area (Å²) in [5, 5.41) is 6.57. The van der Waals surface area contributed by atoms with Crippen LogP contribution in [-0.2, 0) is 18.6 Å². The van der Waals surface area contributed by atoms with Crippen LogP contribution in [0.5, 0.6) is 0 Å². The van der Waals surface area contributed by atoms with Gasteiger partial charge in [0.25, 0.3) is 0 Å². The van der Waals surface area contributed by atoms with Crippen LogP contribution >= 0.6 is 14.6 Å². The molecule has 254 valence electrons. The zero-order valence-corrected chi connectivity index (χ0v) is 29.8. The first-order valence-electron chi connectivity index (χ1n) is 16.9. The van der Waals surface area contributed by atoms with Gasteiger partial charge in [-0.25, -0.2) is 0 Å². The van der Waals surface area contributed by atoms with E-state index in [0.717, 1.165) is 44.8 Å². The standard InChI is InChI=1S/C44H34N2O4P2/c47-51(29-41(35-13-5-1-6-14-35)49-42(30-51)36-15-7-2-8-16-36)45-39-25-21-33(22-26-39)34-23-27-40(28-24-34)46-52(48)31-43(37-17-9-3-10-18-37)50-44(32-52)38-19-11-4-12-20-38/h1-32H,(H,45,47)(H,46,48). The summed E-state index contributed by atoms with van der Waals surface area (Å²) in [5.41, 5.74) is 6.81. The molecule has 0 aliphatic carbocycles. The molecule has 0 fully saturated rings. The molecule has 0 saturated heterocycles. The second kappa shape index (κ2) is 14.3. The quantitative estimate of drug-likeness (QED) is 0.145. The van der Waals surface area contributed by atoms with E-state index in [0.29, 0.717) is 23.0 Å². The highest BCUT2D eigenvalue weighted by Gasteiger charge is 2.28. The molecular formula is C44H34N2O4P2. The van der Waals surface area contributed by atoms with Crippen molar-refractivity contribution in [3.63, 3.8) is 0 Å². The molecule has 2 aliphatic heterocycles. The highest BCUT2D eigenvalue weighted by molar-refractivity contribution is 7.72. The van der Waals surface area contributed by atoms with Gasteiger partial charge in [-0.15, -0.1) is 0 Å². The van der Waals surface area contributed by atoms with E-state index in [-0.39, 0.29) is 0 Å². The van der Waals surface area contributed by atoms with Crippen molar-refractivity contribution in [1.29, 1.82) is 0 Å². The number of benzene rings is 6. The Morgan fingerprint density at radius 2 is 0.558 bits per heavy atom. The molecule has 0 spiro atoms. The zero-order valence-electron chi connectivity index (χ0n) is 28.0. The average molecular weight is 717 g/mol. The lowest BCUT2D eigenvalue weighted by Gasteiger charge is -2.24. The molecule has 0 radical (unpaired) electrons. The molecule has 0 amide bonds. The third-order valence-corrected chi connectivity index (χ3v) is 12.3. The lowest BCUT2D eigenvalue weighted by molar-refractivity contribution is 0.468. The van der Waals surface area contributed by atoms with E-state index in [4.69, 9.17) is 9.47 Å². The summed E-state index contributed by atoms with van der Waals surface area (Å²) < 4.78 is 41.2. The number of ether oxygens (including phenoxy) is 2. The zero-order chi connectivity index (χ0) is 35.4. The van der Waals surface area contributed by atoms with E-state index in [9.17, 15) is 9.13 Å². The van der Waals surface area contributed by atoms with Gasteiger partial charge in [0.15, 0.2) is 0 Å². The van der Waals surface area contributed by atoms with Gasteiger partial charge in [0, 0.05) is 56.9 Å². The molecule has 8 rings (SSSR count). The fraction of sp³-hybridized carbons (Fsp3) is 0. The third-order valence-electron chi connectivity index (χ3n) is 8.62. The monoisotopic (exact) mass is 716 g/mol. The van der Waals surface area contributed by atoms with Crippen LogP contribution in [0.25, 0.3) is 34.2 Å². The largest absolute Gasteiger partial charge is 0.456 e. The molecule has 52 heavy (non-hydrogen) atoms. The molecule has 2 heterocycles. The smallest absolute Gasteiger partial charge is 0.220 e. The molecule has 6 nitrogen and oxygen atoms in total. The van der Waals surface area contributed by atoms with Crippen molar-refractivity contribution in [2.24, 2.45) is 0 Å². The summed E-state index contributed by atoms with van der Waals surface area (Å²) in [7, 11) is -6.39. The molecule has 6 aromatic rings. The Kier molecular flexibility index (Phi) is 9.09. The van der Waals surface area contributed by atoms with E-state index < -0.39 is 14.6 Å². The molecule has 8 heteroatoms. The molecule has 2 aliphatic rings. The van der Waals surface area contributed by atoms with Gasteiger partial charge in [0.2, 0.25) is 14.6 Å². The highest BCUT2D eigenvalue weighted by atomic mass is 31.2. The number of anilines is 2. The van der Waals surface area contributed by atoms with Gasteiger partial charge in [-0.05, 0) is 35.4 Å². The van der Waals surface area contributed by atoms with Gasteiger partial charge >= 0.3 is 0 Å². The predicted molar refractivity (Wildman–Crippen MR) is 214 cm³/mol. The summed E-state index contributed by atoms with van der Waals surface area (Å²) in [5.74, 6) is 8.94. The van der Waals surface area contributed by atoms with Gasteiger partial charge in [-0.2, -0.15) is 0 Å². The molecule has 6 aromatic carbocycles. The lowest BCUT2D eigenvalue weighted by Crippen LogP contribution is -2.03. The number of hydrogen-bond donors (Lipinski definition) is 2. The lowest BCUT2D eigenvalue weighted by atomic mass is 10.1. The van der Waals surface area contributed by atoms with Crippen LogP contribution in [0.4, 0.5) is 11.4 Å². The minimum absolute atomic E-state index is 0.546. The Morgan fingerprint density at radius 3 is 0.808 bits per heavy atom. The molecule has 0 atom stereocenters. The maximum atomic E-state index is 14.4. The summed E-state index contributed by atoms with van der Waals surface area (Å²) in [6.45, 7) is 0. The van der Waals surface area contributed by atoms with Crippen LogP contribution in [0.1, 0.15) is 22.3 Å². The summed E-state index contributed by atoms with van der Waals surface area (Å²) in [6.07, 6.45) is 0. The Balaban J connectivity index is 1.02. The fourth-order valence-electron chi connectivity index (χ4n) is 6.06. The average Bonchev–Trinajstić information content (AvgIpc) is 3.19. The molecular weight excluding hydrogens is 682 g/mol. The number of rotatable bonds is 9. The van der Waals surface area contributed by atoms with Gasteiger partial charge in [-0.1, -0.05) is 146 Å². The topological polar surface area (TPSA) is 76.7 Å². The van der Waals surface area contributed by atoms with Gasteiger partial charge in [-0.3, -0.25) is 9.13 Å². The molecule has 0 aromatic heterocycles. The number of hydrogen-bond acceptors (Lipinski definition) is 4. The Morgan fingerprint density at radius 1 is 0.308 bits per heavy atom. The normalized spacial score (nSPS) is 15.8. The molecule has 0 unspecified atom stereocenters. The number of nitrogens with one attached hydrogen (secondary N) is 2. The van der Waals surface area contributed by atoms with Crippen molar-refractivity contribution in [1.82, 2.24) is 0 Å². The molecule has 0 bridgehead atoms. The van der Waals surface area contributed by atoms with Crippen LogP contribution in [0.2, 0.25) is 0 Å². The van der Waals surface area contributed by atoms with E-state index >= 15 is 0 Å². The SMILES string of the molecule is O=P1(Nc2ccc(-c3ccc(NP4(=O)C=C(c5ccccc5)OC(c5ccccc5)=C4)cc3)cc2)C=C(c2ccccc2)OC(c2ccccc2)=C1. The van der Waals surface area contributed by atoms with Crippen LogP contribution in [0.3, 0.4) is 0 Å². The van der Waals surface area contributed by atoms with Crippen LogP contribution in [0, 0.1) is 0 Å². The van der Waals surface area contributed by atoms with Crippen molar-refractivity contribution in [2.45, 2.75) is 0 Å². The molecule has 2 N–H and O–H groups in total. The van der Waals surface area contributed by atoms with Crippen molar-refractivity contribution >= 4 is 49.0 Å². The predicted octanol–water partition coefficient (Wildman–Crippen LogP) is 12.8. The van der Waals surface area contributed by atoms with Crippen LogP contribution < -0.4 is 10.2 Å². The van der Waals surface area contributed by atoms with Crippen molar-refractivity contribution < 1.29 is 18.6 Å². The van der Waals surface area contributed by atoms with Crippen molar-refractivity contribution in [3.05, 3.63) is 215 Å². The summed E-state index contributed by atoms with van der Waals surface area (Å²) in [6, 6.07) is 54.4. The first-order valence-corrected chi connectivity index (χ1v) is 20.5. The minimum atomic E-state index is -3.20. The van der Waals surface area contributed by atoms with Crippen molar-refractivity contribution in [3.8, 4) is 11.1 Å². The van der Waals surface area contributed by atoms with Crippen LogP contribution in [0.15, 0.2) is 193 Å². The second-order valence-electron chi connectivity index (χ2n) is 12.4. The van der Waals surface area contributed by atoms with Crippen LogP contribution in [-0.4, -0.2) is 0 Å². The van der Waals surface area contributed by atoms with Crippen molar-refractivity contribution in [2.75, 3.05) is 10.2 Å². The van der Waals surface area contributed by atoms with E-state index in [2.05, 4.69) is 10.2 Å². The first kappa shape index (κ1) is 33.1. The van der Waals surface area contributed by atoms with Gasteiger partial charge in [0.1, 0.15) is 23.0 Å². The maximum Gasteiger partial charge on any atom is 0.220 e. The van der Waals surface area contributed by atoms with E-state index in [1.54, 1.807) is 23.3 Å². The Bertz CT molecular complexity index is 2130. The Labute approximate surface area is 303 Å². The highest BCUT2D eigenvalue weighted by Crippen LogP contribution is 2.57.